The number of aryl methyl sites for hydroxylation is 10. The molecule has 20 aromatic rings. The van der Waals surface area contributed by atoms with Gasteiger partial charge in [0.1, 0.15) is 96.1 Å². The van der Waals surface area contributed by atoms with E-state index in [4.69, 9.17) is 44.0 Å². The summed E-state index contributed by atoms with van der Waals surface area (Å²) >= 11 is 0. The maximum absolute atomic E-state index is 15.1. The number of furan rings is 4. The molecule has 0 saturated heterocycles. The van der Waals surface area contributed by atoms with Gasteiger partial charge in [0.2, 0.25) is 45.5 Å². The molecule has 20 rings (SSSR count). The van der Waals surface area contributed by atoms with Crippen LogP contribution in [0.25, 0.3) is 197 Å². The summed E-state index contributed by atoms with van der Waals surface area (Å²) in [6.07, 6.45) is 8.31. The number of hydrogen-bond acceptors (Lipinski definition) is 4. The Kier molecular flexibility index (Phi) is 22.6. The largest absolute Gasteiger partial charge is 0.456 e. The molecule has 16 heteroatoms. The standard InChI is InChI=1S/2C29H24FN2O.2C27H20FN2O/c1-17(2)20-12-14-24(32(5)16-20)25-18(3)11-13-21-22-15-23(30)27(31-4)26(29(22)33-28(21)25)19-9-7-6-8-10-19;1-17(2)20-13-14-32(5)24(15-20)25-18(3)11-12-21-22-16-23(30)27(31-4)26(29(22)33-28(21)25)19-9-7-6-8-10-19;1-16-10-13-22(30(4)15-16)23-17(2)11-12-19-20-14-21(28)25(29-3)24(27(20)31-26(19)23)18-8-6-5-7-9-18;1-16-12-13-30(4)22(14-16)23-17(2)10-11-19-20-15-21(28)25(29-3)24(27(20)31-26(19)23)18-8-6-5-7-9-18/h2*6-17H,1-3,5H3;2*5-15H,1-2,4H3/q4*+1. The summed E-state index contributed by atoms with van der Waals surface area (Å²) in [6.45, 7) is 51.4. The third kappa shape index (κ3) is 15.0. The Morgan fingerprint density at radius 3 is 0.836 bits per heavy atom. The first-order valence-electron chi connectivity index (χ1n) is 42.2. The lowest BCUT2D eigenvalue weighted by Crippen LogP contribution is -2.31. The molecular weight excluding hydrogens is 1600 g/mol. The Balaban J connectivity index is 0.000000120. The molecule has 0 radical (unpaired) electrons. The van der Waals surface area contributed by atoms with Gasteiger partial charge in [-0.25, -0.2) is 55.2 Å². The second kappa shape index (κ2) is 34.3. The number of aromatic nitrogens is 4. The van der Waals surface area contributed by atoms with Crippen molar-refractivity contribution in [2.24, 2.45) is 28.2 Å². The van der Waals surface area contributed by atoms with E-state index in [-0.39, 0.29) is 22.7 Å². The lowest BCUT2D eigenvalue weighted by molar-refractivity contribution is -0.660. The molecule has 128 heavy (non-hydrogen) atoms. The van der Waals surface area contributed by atoms with Crippen LogP contribution >= 0.6 is 0 Å². The first-order chi connectivity index (χ1) is 61.8. The molecule has 0 spiro atoms. The van der Waals surface area contributed by atoms with Crippen LogP contribution in [0.2, 0.25) is 0 Å². The van der Waals surface area contributed by atoms with E-state index < -0.39 is 23.3 Å². The van der Waals surface area contributed by atoms with Crippen LogP contribution in [0.3, 0.4) is 0 Å². The average molecular weight is 1690 g/mol. The summed E-state index contributed by atoms with van der Waals surface area (Å²) in [5.74, 6) is -1.32. The summed E-state index contributed by atoms with van der Waals surface area (Å²) in [4.78, 5) is 14.0. The Hall–Kier alpha value is -15.9. The predicted octanol–water partition coefficient (Wildman–Crippen LogP) is 29.8. The Bertz CT molecular complexity index is 8100. The van der Waals surface area contributed by atoms with Crippen molar-refractivity contribution in [3.63, 3.8) is 0 Å². The molecule has 0 bridgehead atoms. The zero-order chi connectivity index (χ0) is 89.9. The normalized spacial score (nSPS) is 11.3. The monoisotopic (exact) mass is 1680 g/mol. The van der Waals surface area contributed by atoms with Gasteiger partial charge in [0.25, 0.3) is 0 Å². The first kappa shape index (κ1) is 84.3. The number of hydrogen-bond donors (Lipinski definition) is 0. The van der Waals surface area contributed by atoms with Crippen molar-refractivity contribution >= 4 is 111 Å². The maximum Gasteiger partial charge on any atom is 0.233 e. The van der Waals surface area contributed by atoms with Crippen LogP contribution in [0.5, 0.6) is 0 Å². The molecule has 0 N–H and O–H groups in total. The van der Waals surface area contributed by atoms with Crippen molar-refractivity contribution in [1.82, 2.24) is 0 Å². The number of benzene rings is 12. The zero-order valence-electron chi connectivity index (χ0n) is 73.3. The maximum atomic E-state index is 15.1. The fourth-order valence-electron chi connectivity index (χ4n) is 17.7. The smallest absolute Gasteiger partial charge is 0.233 e. The van der Waals surface area contributed by atoms with E-state index in [2.05, 4.69) is 166 Å². The molecule has 0 saturated carbocycles. The van der Waals surface area contributed by atoms with Gasteiger partial charge in [-0.2, -0.15) is 0 Å². The molecule has 0 amide bonds. The lowest BCUT2D eigenvalue weighted by atomic mass is 9.96. The highest BCUT2D eigenvalue weighted by atomic mass is 19.1. The van der Waals surface area contributed by atoms with Crippen molar-refractivity contribution < 1.29 is 53.5 Å². The van der Waals surface area contributed by atoms with Crippen molar-refractivity contribution in [1.29, 1.82) is 0 Å². The molecule has 0 aliphatic carbocycles. The van der Waals surface area contributed by atoms with E-state index in [1.807, 2.05) is 212 Å². The SMILES string of the molecule is [C-]#[N+]c1c(F)cc2c(oc3c(-c4cc(C(C)C)cc[n+]4C)c(C)ccc32)c1-c1ccccc1.[C-]#[N+]c1c(F)cc2c(oc3c(-c4cc(C)cc[n+]4C)c(C)ccc32)c1-c1ccccc1.[C-]#[N+]c1c(F)cc2c(oc3c(-c4ccc(C(C)C)c[n+]4C)c(C)ccc32)c1-c1ccccc1.[C-]#[N+]c1c(F)cc2c(oc3c(-c4ccc(C)c[n+]4C)c(C)ccc32)c1-c1ccccc1. The van der Waals surface area contributed by atoms with Crippen LogP contribution < -0.4 is 18.3 Å². The van der Waals surface area contributed by atoms with Gasteiger partial charge < -0.3 is 17.7 Å². The van der Waals surface area contributed by atoms with Gasteiger partial charge >= 0.3 is 0 Å². The highest BCUT2D eigenvalue weighted by Gasteiger charge is 2.32. The Morgan fingerprint density at radius 1 is 0.258 bits per heavy atom. The molecule has 624 valence electrons. The van der Waals surface area contributed by atoms with Crippen molar-refractivity contribution in [2.45, 2.75) is 81.1 Å². The van der Waals surface area contributed by atoms with Gasteiger partial charge in [0.05, 0.1) is 48.5 Å². The van der Waals surface area contributed by atoms with Crippen molar-refractivity contribution in [3.05, 3.63) is 381 Å². The van der Waals surface area contributed by atoms with E-state index in [1.165, 1.54) is 35.4 Å². The highest BCUT2D eigenvalue weighted by Crippen LogP contribution is 2.52. The topological polar surface area (TPSA) is 85.5 Å². The minimum atomic E-state index is -0.535. The van der Waals surface area contributed by atoms with Crippen LogP contribution in [0, 0.1) is 91.1 Å². The van der Waals surface area contributed by atoms with E-state index in [0.717, 1.165) is 122 Å². The number of nitrogens with zero attached hydrogens (tertiary/aromatic N) is 8. The third-order valence-corrected chi connectivity index (χ3v) is 24.2. The predicted molar refractivity (Wildman–Crippen MR) is 505 cm³/mol. The molecule has 8 heterocycles. The summed E-state index contributed by atoms with van der Waals surface area (Å²) in [6, 6.07) is 76.4. The second-order valence-electron chi connectivity index (χ2n) is 33.3. The Labute approximate surface area is 739 Å². The molecule has 0 fully saturated rings. The van der Waals surface area contributed by atoms with Crippen molar-refractivity contribution in [3.8, 4) is 89.5 Å². The number of rotatable bonds is 10. The average Bonchev–Trinajstić information content (AvgIpc) is 1.60. The second-order valence-corrected chi connectivity index (χ2v) is 33.3. The number of fused-ring (bicyclic) bond motifs is 12. The van der Waals surface area contributed by atoms with Crippen LogP contribution in [0.4, 0.5) is 40.3 Å². The highest BCUT2D eigenvalue weighted by molar-refractivity contribution is 6.19. The minimum Gasteiger partial charge on any atom is -0.456 e. The van der Waals surface area contributed by atoms with Gasteiger partial charge in [0.15, 0.2) is 24.8 Å². The molecule has 12 nitrogen and oxygen atoms in total. The molecule has 8 aromatic heterocycles. The molecule has 0 aliphatic rings. The number of pyridine rings is 4. The zero-order valence-corrected chi connectivity index (χ0v) is 73.3. The van der Waals surface area contributed by atoms with E-state index in [9.17, 15) is 0 Å². The van der Waals surface area contributed by atoms with Gasteiger partial charge in [-0.1, -0.05) is 198 Å². The van der Waals surface area contributed by atoms with Crippen LogP contribution in [-0.4, -0.2) is 0 Å². The molecule has 0 atom stereocenters. The Morgan fingerprint density at radius 2 is 0.539 bits per heavy atom. The fourth-order valence-corrected chi connectivity index (χ4v) is 17.7. The summed E-state index contributed by atoms with van der Waals surface area (Å²) in [7, 11) is 8.07. The van der Waals surface area contributed by atoms with Gasteiger partial charge in [-0.15, -0.1) is 0 Å². The van der Waals surface area contributed by atoms with E-state index in [1.54, 1.807) is 0 Å². The molecule has 0 unspecified atom stereocenters. The van der Waals surface area contributed by atoms with Crippen LogP contribution in [-0.2, 0) is 28.2 Å². The van der Waals surface area contributed by atoms with Gasteiger partial charge in [-0.05, 0) is 145 Å². The lowest BCUT2D eigenvalue weighted by Gasteiger charge is -2.09. The fraction of sp³-hybridized carbons (Fsp3) is 0.143. The summed E-state index contributed by atoms with van der Waals surface area (Å²) in [5, 5.41) is 6.06. The van der Waals surface area contributed by atoms with E-state index in [0.29, 0.717) is 100 Å². The molecular formula is C112H88F4N8O4+4. The molecule has 12 aromatic carbocycles. The molecule has 0 aliphatic heterocycles. The minimum absolute atomic E-state index is 0.0154. The first-order valence-corrected chi connectivity index (χ1v) is 42.2. The number of halogens is 4. The van der Waals surface area contributed by atoms with Crippen LogP contribution in [0.1, 0.15) is 84.0 Å². The quantitative estimate of drug-likeness (QED) is 0.0776. The van der Waals surface area contributed by atoms with Gasteiger partial charge in [0, 0.05) is 113 Å². The van der Waals surface area contributed by atoms with Crippen molar-refractivity contribution in [2.75, 3.05) is 0 Å². The summed E-state index contributed by atoms with van der Waals surface area (Å²) in [5.41, 5.74) is 27.0. The van der Waals surface area contributed by atoms with Gasteiger partial charge in [-0.3, -0.25) is 0 Å². The summed E-state index contributed by atoms with van der Waals surface area (Å²) < 4.78 is 94.6. The van der Waals surface area contributed by atoms with Crippen LogP contribution in [0.15, 0.2) is 285 Å². The third-order valence-electron chi connectivity index (χ3n) is 24.2. The van der Waals surface area contributed by atoms with E-state index >= 15 is 17.6 Å².